The molecule has 3 heterocycles. The minimum Gasteiger partial charge on any atom is -0.351 e. The van der Waals surface area contributed by atoms with E-state index in [0.717, 1.165) is 36.8 Å². The molecule has 0 amide bonds. The smallest absolute Gasteiger partial charge is 0.223 e. The third-order valence-corrected chi connectivity index (χ3v) is 8.68. The Labute approximate surface area is 178 Å². The normalized spacial score (nSPS) is 28.5. The summed E-state index contributed by atoms with van der Waals surface area (Å²) in [7, 11) is -3.11. The van der Waals surface area contributed by atoms with Gasteiger partial charge in [0.15, 0.2) is 0 Å². The van der Waals surface area contributed by atoms with E-state index in [2.05, 4.69) is 33.8 Å². The summed E-state index contributed by atoms with van der Waals surface area (Å²) in [6.07, 6.45) is 9.82. The zero-order chi connectivity index (χ0) is 20.8. The highest BCUT2D eigenvalue weighted by Crippen LogP contribution is 2.50. The number of hydrogen-bond acceptors (Lipinski definition) is 6. The Balaban J connectivity index is 1.34. The van der Waals surface area contributed by atoms with Gasteiger partial charge in [-0.3, -0.25) is 0 Å². The number of benzene rings is 1. The summed E-state index contributed by atoms with van der Waals surface area (Å²) >= 11 is 0. The zero-order valence-corrected chi connectivity index (χ0v) is 18.4. The van der Waals surface area contributed by atoms with Crippen LogP contribution in [0, 0.1) is 5.41 Å². The van der Waals surface area contributed by atoms with Crippen LogP contribution in [0.2, 0.25) is 0 Å². The Kier molecular flexibility index (Phi) is 5.19. The van der Waals surface area contributed by atoms with Crippen LogP contribution in [-0.4, -0.2) is 61.2 Å². The lowest BCUT2D eigenvalue weighted by molar-refractivity contribution is 0.331. The fourth-order valence-corrected chi connectivity index (χ4v) is 6.52. The molecule has 1 spiro atoms. The quantitative estimate of drug-likeness (QED) is 0.777. The molecule has 0 bridgehead atoms. The van der Waals surface area contributed by atoms with Crippen molar-refractivity contribution in [3.8, 4) is 0 Å². The fourth-order valence-electron chi connectivity index (χ4n) is 5.65. The monoisotopic (exact) mass is 429 g/mol. The predicted octanol–water partition coefficient (Wildman–Crippen LogP) is 2.71. The summed E-state index contributed by atoms with van der Waals surface area (Å²) in [5.41, 5.74) is 2.90. The van der Waals surface area contributed by atoms with Crippen LogP contribution >= 0.6 is 0 Å². The van der Waals surface area contributed by atoms with E-state index < -0.39 is 10.0 Å². The van der Waals surface area contributed by atoms with Crippen LogP contribution in [0.1, 0.15) is 50.0 Å². The molecule has 162 valence electrons. The minimum absolute atomic E-state index is 0.201. The molecule has 3 fully saturated rings. The predicted molar refractivity (Wildman–Crippen MR) is 119 cm³/mol. The van der Waals surface area contributed by atoms with Crippen molar-refractivity contribution in [2.24, 2.45) is 5.41 Å². The van der Waals surface area contributed by atoms with Gasteiger partial charge < -0.3 is 10.6 Å². The van der Waals surface area contributed by atoms with Crippen LogP contribution < -0.4 is 10.6 Å². The summed E-state index contributed by atoms with van der Waals surface area (Å²) in [5.74, 6) is 1.22. The maximum Gasteiger partial charge on any atom is 0.223 e. The van der Waals surface area contributed by atoms with Crippen molar-refractivity contribution in [3.63, 3.8) is 0 Å². The summed E-state index contributed by atoms with van der Waals surface area (Å²) in [5, 5.41) is 8.11. The standard InChI is InChI=1S/C22H31N5O2S/c1-30(28,29)27-11-6-18(7-12-27)25-21-24-14-17-3-2-4-19(20(17)26-21)16-5-8-22(13-16)9-10-23-15-22/h2-4,14,16,18,23H,5-13,15H2,1H3,(H,24,25,26). The highest BCUT2D eigenvalue weighted by Gasteiger charge is 2.42. The first-order chi connectivity index (χ1) is 14.4. The Morgan fingerprint density at radius 1 is 1.20 bits per heavy atom. The van der Waals surface area contributed by atoms with Crippen molar-refractivity contribution in [2.45, 2.75) is 50.5 Å². The van der Waals surface area contributed by atoms with E-state index in [1.807, 2.05) is 6.20 Å². The second-order valence-corrected chi connectivity index (χ2v) is 11.4. The molecule has 2 aliphatic heterocycles. The van der Waals surface area contributed by atoms with Crippen molar-refractivity contribution in [3.05, 3.63) is 30.0 Å². The molecule has 30 heavy (non-hydrogen) atoms. The lowest BCUT2D eigenvalue weighted by Crippen LogP contribution is -2.42. The minimum atomic E-state index is -3.11. The van der Waals surface area contributed by atoms with E-state index in [-0.39, 0.29) is 6.04 Å². The molecule has 0 radical (unpaired) electrons. The summed E-state index contributed by atoms with van der Waals surface area (Å²) in [4.78, 5) is 9.47. The number of hydrogen-bond donors (Lipinski definition) is 2. The van der Waals surface area contributed by atoms with Gasteiger partial charge in [-0.05, 0) is 62.0 Å². The molecule has 2 unspecified atom stereocenters. The zero-order valence-electron chi connectivity index (χ0n) is 17.6. The Morgan fingerprint density at radius 2 is 2.03 bits per heavy atom. The van der Waals surface area contributed by atoms with Gasteiger partial charge in [0, 0.05) is 37.3 Å². The molecule has 1 aromatic carbocycles. The van der Waals surface area contributed by atoms with Gasteiger partial charge in [0.1, 0.15) is 0 Å². The number of rotatable bonds is 4. The molecule has 2 atom stereocenters. The van der Waals surface area contributed by atoms with E-state index in [4.69, 9.17) is 4.98 Å². The second-order valence-electron chi connectivity index (χ2n) is 9.43. The second kappa shape index (κ2) is 7.73. The first kappa shape index (κ1) is 20.2. The van der Waals surface area contributed by atoms with Crippen LogP contribution in [0.5, 0.6) is 0 Å². The molecule has 5 rings (SSSR count). The van der Waals surface area contributed by atoms with Crippen LogP contribution in [0.15, 0.2) is 24.4 Å². The third-order valence-electron chi connectivity index (χ3n) is 7.37. The average Bonchev–Trinajstić information content (AvgIpc) is 3.37. The van der Waals surface area contributed by atoms with E-state index in [0.29, 0.717) is 30.4 Å². The van der Waals surface area contributed by atoms with E-state index in [1.165, 1.54) is 37.5 Å². The Hall–Kier alpha value is -1.77. The summed E-state index contributed by atoms with van der Waals surface area (Å²) in [6, 6.07) is 6.67. The van der Waals surface area contributed by atoms with Crippen molar-refractivity contribution < 1.29 is 8.42 Å². The summed E-state index contributed by atoms with van der Waals surface area (Å²) in [6.45, 7) is 3.40. The first-order valence-electron chi connectivity index (χ1n) is 11.1. The highest BCUT2D eigenvalue weighted by atomic mass is 32.2. The molecule has 1 aromatic heterocycles. The number of sulfonamides is 1. The molecule has 2 saturated heterocycles. The average molecular weight is 430 g/mol. The van der Waals surface area contributed by atoms with Crippen molar-refractivity contribution in [2.75, 3.05) is 37.8 Å². The van der Waals surface area contributed by atoms with Gasteiger partial charge in [0.05, 0.1) is 11.8 Å². The Morgan fingerprint density at radius 3 is 2.77 bits per heavy atom. The van der Waals surface area contributed by atoms with Gasteiger partial charge in [0.25, 0.3) is 0 Å². The SMILES string of the molecule is CS(=O)(=O)N1CCC(Nc2ncc3cccc(C4CCC5(CCNC5)C4)c3n2)CC1. The van der Waals surface area contributed by atoms with Gasteiger partial charge in [-0.1, -0.05) is 18.2 Å². The molecular weight excluding hydrogens is 398 g/mol. The van der Waals surface area contributed by atoms with E-state index >= 15 is 0 Å². The van der Waals surface area contributed by atoms with Gasteiger partial charge in [-0.25, -0.2) is 22.7 Å². The van der Waals surface area contributed by atoms with Crippen LogP contribution in [0.25, 0.3) is 10.9 Å². The van der Waals surface area contributed by atoms with Gasteiger partial charge in [-0.15, -0.1) is 0 Å². The van der Waals surface area contributed by atoms with Gasteiger partial charge >= 0.3 is 0 Å². The van der Waals surface area contributed by atoms with Crippen LogP contribution in [-0.2, 0) is 10.0 Å². The maximum atomic E-state index is 11.7. The molecule has 2 N–H and O–H groups in total. The lowest BCUT2D eigenvalue weighted by atomic mass is 9.83. The van der Waals surface area contributed by atoms with Crippen molar-refractivity contribution in [1.29, 1.82) is 0 Å². The molecule has 2 aromatic rings. The number of nitrogens with one attached hydrogen (secondary N) is 2. The van der Waals surface area contributed by atoms with Crippen LogP contribution in [0.4, 0.5) is 5.95 Å². The number of piperidine rings is 1. The van der Waals surface area contributed by atoms with Crippen molar-refractivity contribution in [1.82, 2.24) is 19.6 Å². The van der Waals surface area contributed by atoms with E-state index in [9.17, 15) is 8.42 Å². The maximum absolute atomic E-state index is 11.7. The highest BCUT2D eigenvalue weighted by molar-refractivity contribution is 7.88. The van der Waals surface area contributed by atoms with Crippen LogP contribution in [0.3, 0.4) is 0 Å². The number of nitrogens with zero attached hydrogens (tertiary/aromatic N) is 3. The van der Waals surface area contributed by atoms with Crippen molar-refractivity contribution >= 4 is 26.9 Å². The molecule has 8 heteroatoms. The Bertz CT molecular complexity index is 1030. The topological polar surface area (TPSA) is 87.2 Å². The number of fused-ring (bicyclic) bond motifs is 1. The fraction of sp³-hybridized carbons (Fsp3) is 0.636. The third kappa shape index (κ3) is 3.92. The molecule has 1 saturated carbocycles. The number of anilines is 1. The van der Waals surface area contributed by atoms with E-state index in [1.54, 1.807) is 4.31 Å². The largest absolute Gasteiger partial charge is 0.351 e. The van der Waals surface area contributed by atoms with Gasteiger partial charge in [0.2, 0.25) is 16.0 Å². The number of aromatic nitrogens is 2. The molecule has 3 aliphatic rings. The first-order valence-corrected chi connectivity index (χ1v) is 12.9. The molecular formula is C22H31N5O2S. The molecule has 1 aliphatic carbocycles. The molecule has 7 nitrogen and oxygen atoms in total. The number of para-hydroxylation sites is 1. The van der Waals surface area contributed by atoms with Gasteiger partial charge in [-0.2, -0.15) is 0 Å². The lowest BCUT2D eigenvalue weighted by Gasteiger charge is -2.30. The summed E-state index contributed by atoms with van der Waals surface area (Å²) < 4.78 is 25.0.